The zero-order chi connectivity index (χ0) is 11.1. The first kappa shape index (κ1) is 9.24. The van der Waals surface area contributed by atoms with Gasteiger partial charge in [0.1, 0.15) is 17.6 Å². The number of anilines is 1. The van der Waals surface area contributed by atoms with E-state index < -0.39 is 6.10 Å². The Morgan fingerprint density at radius 2 is 1.75 bits per heavy atom. The molecule has 1 heterocycles. The molecule has 0 spiro atoms. The summed E-state index contributed by atoms with van der Waals surface area (Å²) in [4.78, 5) is 0. The first-order chi connectivity index (χ1) is 7.77. The summed E-state index contributed by atoms with van der Waals surface area (Å²) in [6, 6.07) is 12.8. The van der Waals surface area contributed by atoms with E-state index in [1.807, 2.05) is 36.4 Å². The fourth-order valence-electron chi connectivity index (χ4n) is 2.02. The molecule has 3 nitrogen and oxygen atoms in total. The molecule has 80 valence electrons. The van der Waals surface area contributed by atoms with Crippen molar-refractivity contribution in [3.05, 3.63) is 53.6 Å². The van der Waals surface area contributed by atoms with Gasteiger partial charge < -0.3 is 15.6 Å². The summed E-state index contributed by atoms with van der Waals surface area (Å²) in [7, 11) is 0. The zero-order valence-corrected chi connectivity index (χ0v) is 8.55. The summed E-state index contributed by atoms with van der Waals surface area (Å²) in [6.45, 7) is 0. The van der Waals surface area contributed by atoms with E-state index in [0.29, 0.717) is 22.7 Å². The van der Waals surface area contributed by atoms with Crippen molar-refractivity contribution in [2.75, 3.05) is 5.73 Å². The van der Waals surface area contributed by atoms with Crippen molar-refractivity contribution in [3.8, 4) is 11.5 Å². The van der Waals surface area contributed by atoms with Gasteiger partial charge in [0, 0.05) is 11.3 Å². The number of nitrogen functional groups attached to an aromatic ring is 1. The predicted molar refractivity (Wildman–Crippen MR) is 61.4 cm³/mol. The number of para-hydroxylation sites is 1. The van der Waals surface area contributed by atoms with Crippen molar-refractivity contribution in [2.24, 2.45) is 0 Å². The number of hydrogen-bond donors (Lipinski definition) is 2. The van der Waals surface area contributed by atoms with Crippen LogP contribution in [0.15, 0.2) is 42.5 Å². The minimum atomic E-state index is -0.707. The second-order valence-corrected chi connectivity index (χ2v) is 3.80. The maximum absolute atomic E-state index is 10.2. The highest BCUT2D eigenvalue weighted by Crippen LogP contribution is 2.44. The van der Waals surface area contributed by atoms with E-state index in [-0.39, 0.29) is 0 Å². The first-order valence-electron chi connectivity index (χ1n) is 5.10. The van der Waals surface area contributed by atoms with Gasteiger partial charge in [0.05, 0.1) is 5.56 Å². The Hall–Kier alpha value is -2.00. The predicted octanol–water partition coefficient (Wildman–Crippen LogP) is 2.46. The van der Waals surface area contributed by atoms with Crippen molar-refractivity contribution in [3.63, 3.8) is 0 Å². The lowest BCUT2D eigenvalue weighted by atomic mass is 9.96. The lowest BCUT2D eigenvalue weighted by Crippen LogP contribution is -2.11. The highest BCUT2D eigenvalue weighted by Gasteiger charge is 2.26. The van der Waals surface area contributed by atoms with E-state index in [9.17, 15) is 5.11 Å². The lowest BCUT2D eigenvalue weighted by Gasteiger charge is -2.25. The highest BCUT2D eigenvalue weighted by molar-refractivity contribution is 5.62. The van der Waals surface area contributed by atoms with E-state index in [1.165, 1.54) is 0 Å². The average Bonchev–Trinajstić information content (AvgIpc) is 2.29. The van der Waals surface area contributed by atoms with Gasteiger partial charge in [-0.3, -0.25) is 0 Å². The number of aliphatic hydroxyl groups is 1. The molecular formula is C13H11NO2. The quantitative estimate of drug-likeness (QED) is 0.661. The van der Waals surface area contributed by atoms with Crippen molar-refractivity contribution in [1.82, 2.24) is 0 Å². The molecule has 0 bridgehead atoms. The molecule has 2 aromatic rings. The molecular weight excluding hydrogens is 202 g/mol. The smallest absolute Gasteiger partial charge is 0.135 e. The highest BCUT2D eigenvalue weighted by atomic mass is 16.5. The number of hydrogen-bond acceptors (Lipinski definition) is 3. The van der Waals surface area contributed by atoms with Gasteiger partial charge in [-0.2, -0.15) is 0 Å². The molecule has 3 rings (SSSR count). The molecule has 0 saturated heterocycles. The van der Waals surface area contributed by atoms with Gasteiger partial charge in [-0.25, -0.2) is 0 Å². The van der Waals surface area contributed by atoms with E-state index >= 15 is 0 Å². The van der Waals surface area contributed by atoms with E-state index in [4.69, 9.17) is 10.5 Å². The SMILES string of the molecule is Nc1cccc2c1C(O)c1ccccc1O2. The van der Waals surface area contributed by atoms with Crippen LogP contribution in [0.5, 0.6) is 11.5 Å². The first-order valence-corrected chi connectivity index (χ1v) is 5.10. The second kappa shape index (κ2) is 3.25. The fourth-order valence-corrected chi connectivity index (χ4v) is 2.02. The molecule has 3 heteroatoms. The third-order valence-electron chi connectivity index (χ3n) is 2.81. The Kier molecular flexibility index (Phi) is 1.88. The topological polar surface area (TPSA) is 55.5 Å². The maximum Gasteiger partial charge on any atom is 0.135 e. The van der Waals surface area contributed by atoms with Gasteiger partial charge in [0.15, 0.2) is 0 Å². The molecule has 3 N–H and O–H groups in total. The maximum atomic E-state index is 10.2. The van der Waals surface area contributed by atoms with Gasteiger partial charge in [0.2, 0.25) is 0 Å². The van der Waals surface area contributed by atoms with Crippen LogP contribution in [0.3, 0.4) is 0 Å². The number of rotatable bonds is 0. The Morgan fingerprint density at radius 1 is 1.00 bits per heavy atom. The Bertz CT molecular complexity index is 551. The normalized spacial score (nSPS) is 17.2. The van der Waals surface area contributed by atoms with Gasteiger partial charge in [-0.1, -0.05) is 24.3 Å². The van der Waals surface area contributed by atoms with Crippen LogP contribution in [0.4, 0.5) is 5.69 Å². The monoisotopic (exact) mass is 213 g/mol. The number of ether oxygens (including phenoxy) is 1. The standard InChI is InChI=1S/C13H11NO2/c14-9-5-3-7-11-12(9)13(15)8-4-1-2-6-10(8)16-11/h1-7,13,15H,14H2. The van der Waals surface area contributed by atoms with Crippen LogP contribution in [0.2, 0.25) is 0 Å². The molecule has 1 unspecified atom stereocenters. The minimum absolute atomic E-state index is 0.555. The average molecular weight is 213 g/mol. The Morgan fingerprint density at radius 3 is 2.62 bits per heavy atom. The van der Waals surface area contributed by atoms with Crippen molar-refractivity contribution in [1.29, 1.82) is 0 Å². The van der Waals surface area contributed by atoms with Crippen LogP contribution in [-0.2, 0) is 0 Å². The number of aliphatic hydroxyl groups excluding tert-OH is 1. The van der Waals surface area contributed by atoms with Crippen LogP contribution in [0.25, 0.3) is 0 Å². The third-order valence-corrected chi connectivity index (χ3v) is 2.81. The van der Waals surface area contributed by atoms with Gasteiger partial charge >= 0.3 is 0 Å². The summed E-state index contributed by atoms with van der Waals surface area (Å²) in [5.41, 5.74) is 7.82. The minimum Gasteiger partial charge on any atom is -0.456 e. The molecule has 1 atom stereocenters. The van der Waals surface area contributed by atoms with E-state index in [1.54, 1.807) is 6.07 Å². The second-order valence-electron chi connectivity index (χ2n) is 3.80. The molecule has 2 aromatic carbocycles. The van der Waals surface area contributed by atoms with Crippen LogP contribution in [0, 0.1) is 0 Å². The summed E-state index contributed by atoms with van der Waals surface area (Å²) in [6.07, 6.45) is -0.707. The fraction of sp³-hybridized carbons (Fsp3) is 0.0769. The van der Waals surface area contributed by atoms with Crippen LogP contribution in [0.1, 0.15) is 17.2 Å². The molecule has 1 aliphatic heterocycles. The van der Waals surface area contributed by atoms with Gasteiger partial charge in [0.25, 0.3) is 0 Å². The summed E-state index contributed by atoms with van der Waals surface area (Å²) < 4.78 is 5.69. The summed E-state index contributed by atoms with van der Waals surface area (Å²) in [5, 5.41) is 10.2. The van der Waals surface area contributed by atoms with Gasteiger partial charge in [-0.05, 0) is 18.2 Å². The van der Waals surface area contributed by atoms with Crippen molar-refractivity contribution < 1.29 is 9.84 Å². The molecule has 1 aliphatic rings. The Labute approximate surface area is 93.1 Å². The lowest BCUT2D eigenvalue weighted by molar-refractivity contribution is 0.204. The molecule has 0 fully saturated rings. The van der Waals surface area contributed by atoms with Crippen molar-refractivity contribution in [2.45, 2.75) is 6.10 Å². The molecule has 0 aromatic heterocycles. The molecule has 0 amide bonds. The largest absolute Gasteiger partial charge is 0.456 e. The zero-order valence-electron chi connectivity index (χ0n) is 8.55. The number of benzene rings is 2. The molecule has 16 heavy (non-hydrogen) atoms. The van der Waals surface area contributed by atoms with Crippen LogP contribution >= 0.6 is 0 Å². The van der Waals surface area contributed by atoms with E-state index in [2.05, 4.69) is 0 Å². The van der Waals surface area contributed by atoms with Gasteiger partial charge in [-0.15, -0.1) is 0 Å². The van der Waals surface area contributed by atoms with Crippen LogP contribution < -0.4 is 10.5 Å². The summed E-state index contributed by atoms with van der Waals surface area (Å²) >= 11 is 0. The van der Waals surface area contributed by atoms with E-state index in [0.717, 1.165) is 5.56 Å². The molecule has 0 radical (unpaired) electrons. The molecule has 0 saturated carbocycles. The number of nitrogens with two attached hydrogens (primary N) is 1. The number of fused-ring (bicyclic) bond motifs is 2. The molecule has 0 aliphatic carbocycles. The Balaban J connectivity index is 2.23. The third kappa shape index (κ3) is 1.19. The summed E-state index contributed by atoms with van der Waals surface area (Å²) in [5.74, 6) is 1.32. The van der Waals surface area contributed by atoms with Crippen LogP contribution in [-0.4, -0.2) is 5.11 Å². The van der Waals surface area contributed by atoms with Crippen molar-refractivity contribution >= 4 is 5.69 Å².